The Bertz CT molecular complexity index is 499. The van der Waals surface area contributed by atoms with Crippen LogP contribution >= 0.6 is 0 Å². The molecule has 2 saturated heterocycles. The van der Waals surface area contributed by atoms with Gasteiger partial charge in [-0.3, -0.25) is 19.6 Å². The average Bonchev–Trinajstić information content (AvgIpc) is 2.89. The number of amides is 1. The van der Waals surface area contributed by atoms with Crippen molar-refractivity contribution in [3.63, 3.8) is 0 Å². The monoisotopic (exact) mass is 302 g/mol. The van der Waals surface area contributed by atoms with Crippen LogP contribution in [-0.4, -0.2) is 70.9 Å². The van der Waals surface area contributed by atoms with E-state index < -0.39 is 0 Å². The smallest absolute Gasteiger partial charge is 0.219 e. The molecule has 0 unspecified atom stereocenters. The van der Waals surface area contributed by atoms with Gasteiger partial charge in [0.1, 0.15) is 0 Å². The number of pyridine rings is 1. The van der Waals surface area contributed by atoms with Gasteiger partial charge in [0.15, 0.2) is 0 Å². The van der Waals surface area contributed by atoms with Gasteiger partial charge < -0.3 is 4.90 Å². The molecular formula is C17H26N4O. The van der Waals surface area contributed by atoms with E-state index in [1.54, 1.807) is 6.92 Å². The maximum Gasteiger partial charge on any atom is 0.219 e. The van der Waals surface area contributed by atoms with E-state index in [1.165, 1.54) is 5.56 Å². The minimum atomic E-state index is 0.207. The molecular weight excluding hydrogens is 276 g/mol. The van der Waals surface area contributed by atoms with Crippen LogP contribution in [0.15, 0.2) is 24.5 Å². The zero-order valence-corrected chi connectivity index (χ0v) is 13.6. The number of piperazine rings is 1. The van der Waals surface area contributed by atoms with E-state index in [-0.39, 0.29) is 5.91 Å². The van der Waals surface area contributed by atoms with Gasteiger partial charge in [-0.2, -0.15) is 0 Å². The van der Waals surface area contributed by atoms with Crippen molar-refractivity contribution < 1.29 is 4.79 Å². The molecule has 3 rings (SSSR count). The van der Waals surface area contributed by atoms with Crippen molar-refractivity contribution in [3.8, 4) is 0 Å². The van der Waals surface area contributed by atoms with E-state index in [0.717, 1.165) is 45.8 Å². The summed E-state index contributed by atoms with van der Waals surface area (Å²) in [5, 5.41) is 0. The molecule has 120 valence electrons. The van der Waals surface area contributed by atoms with E-state index in [4.69, 9.17) is 0 Å². The number of aromatic nitrogens is 1. The van der Waals surface area contributed by atoms with Gasteiger partial charge in [-0.25, -0.2) is 0 Å². The lowest BCUT2D eigenvalue weighted by molar-refractivity contribution is -0.130. The van der Waals surface area contributed by atoms with E-state index in [2.05, 4.69) is 33.8 Å². The third-order valence-corrected chi connectivity index (χ3v) is 5.03. The van der Waals surface area contributed by atoms with Gasteiger partial charge in [-0.1, -0.05) is 6.92 Å². The minimum Gasteiger partial charge on any atom is -0.340 e. The van der Waals surface area contributed by atoms with Crippen LogP contribution in [0.1, 0.15) is 19.4 Å². The maximum absolute atomic E-state index is 11.4. The molecule has 2 aliphatic heterocycles. The third kappa shape index (κ3) is 3.47. The van der Waals surface area contributed by atoms with Crippen molar-refractivity contribution >= 4 is 5.91 Å². The molecule has 2 fully saturated rings. The van der Waals surface area contributed by atoms with Crippen LogP contribution in [0, 0.1) is 5.92 Å². The number of hydrogen-bond acceptors (Lipinski definition) is 4. The van der Waals surface area contributed by atoms with Crippen molar-refractivity contribution in [2.45, 2.75) is 26.4 Å². The highest BCUT2D eigenvalue weighted by molar-refractivity contribution is 5.73. The first-order chi connectivity index (χ1) is 10.6. The van der Waals surface area contributed by atoms with E-state index in [0.29, 0.717) is 12.0 Å². The van der Waals surface area contributed by atoms with E-state index >= 15 is 0 Å². The summed E-state index contributed by atoms with van der Waals surface area (Å²) in [6.45, 7) is 11.1. The minimum absolute atomic E-state index is 0.207. The third-order valence-electron chi connectivity index (χ3n) is 5.03. The fourth-order valence-electron chi connectivity index (χ4n) is 3.77. The second-order valence-electron chi connectivity index (χ2n) is 6.64. The molecule has 0 spiro atoms. The lowest BCUT2D eigenvalue weighted by Gasteiger charge is -2.39. The second-order valence-corrected chi connectivity index (χ2v) is 6.64. The molecule has 1 amide bonds. The van der Waals surface area contributed by atoms with Crippen LogP contribution in [0.5, 0.6) is 0 Å². The summed E-state index contributed by atoms with van der Waals surface area (Å²) in [6, 6.07) is 4.82. The first-order valence-corrected chi connectivity index (χ1v) is 8.24. The van der Waals surface area contributed by atoms with Gasteiger partial charge in [0, 0.05) is 71.2 Å². The standard InChI is InChI=1S/C17H26N4O/c1-14-11-19(12-16-3-5-18-6-4-16)13-17(14)21-9-7-20(8-10-21)15(2)22/h3-6,14,17H,7-13H2,1-2H3/t14-,17-/m1/s1. The number of hydrogen-bond donors (Lipinski definition) is 0. The van der Waals surface area contributed by atoms with Crippen LogP contribution in [-0.2, 0) is 11.3 Å². The van der Waals surface area contributed by atoms with Crippen molar-refractivity contribution in [1.82, 2.24) is 19.7 Å². The van der Waals surface area contributed by atoms with Crippen LogP contribution in [0.3, 0.4) is 0 Å². The van der Waals surface area contributed by atoms with Gasteiger partial charge in [0.25, 0.3) is 0 Å². The molecule has 0 aliphatic carbocycles. The molecule has 0 saturated carbocycles. The van der Waals surface area contributed by atoms with Crippen LogP contribution < -0.4 is 0 Å². The average molecular weight is 302 g/mol. The van der Waals surface area contributed by atoms with Crippen molar-refractivity contribution in [2.24, 2.45) is 5.92 Å². The molecule has 1 aromatic rings. The Morgan fingerprint density at radius 3 is 2.50 bits per heavy atom. The van der Waals surface area contributed by atoms with Crippen LogP contribution in [0.25, 0.3) is 0 Å². The number of likely N-dealkylation sites (tertiary alicyclic amines) is 1. The Kier molecular flexibility index (Phi) is 4.74. The second kappa shape index (κ2) is 6.75. The highest BCUT2D eigenvalue weighted by atomic mass is 16.2. The Balaban J connectivity index is 1.54. The maximum atomic E-state index is 11.4. The molecule has 0 bridgehead atoms. The Morgan fingerprint density at radius 2 is 1.86 bits per heavy atom. The topological polar surface area (TPSA) is 39.7 Å². The molecule has 2 aliphatic rings. The predicted molar refractivity (Wildman–Crippen MR) is 86.3 cm³/mol. The normalized spacial score (nSPS) is 27.3. The largest absolute Gasteiger partial charge is 0.340 e. The fraction of sp³-hybridized carbons (Fsp3) is 0.647. The molecule has 2 atom stereocenters. The highest BCUT2D eigenvalue weighted by Gasteiger charge is 2.35. The summed E-state index contributed by atoms with van der Waals surface area (Å²) in [6.07, 6.45) is 3.74. The Labute approximate surface area is 132 Å². The zero-order valence-electron chi connectivity index (χ0n) is 13.6. The van der Waals surface area contributed by atoms with Crippen molar-refractivity contribution in [3.05, 3.63) is 30.1 Å². The van der Waals surface area contributed by atoms with E-state index in [9.17, 15) is 4.79 Å². The number of nitrogens with zero attached hydrogens (tertiary/aromatic N) is 4. The first-order valence-electron chi connectivity index (χ1n) is 8.24. The molecule has 0 radical (unpaired) electrons. The molecule has 0 N–H and O–H groups in total. The number of carbonyl (C=O) groups is 1. The van der Waals surface area contributed by atoms with Gasteiger partial charge in [-0.15, -0.1) is 0 Å². The van der Waals surface area contributed by atoms with Gasteiger partial charge in [0.2, 0.25) is 5.91 Å². The summed E-state index contributed by atoms with van der Waals surface area (Å²) in [5.41, 5.74) is 1.34. The summed E-state index contributed by atoms with van der Waals surface area (Å²) in [7, 11) is 0. The van der Waals surface area contributed by atoms with Crippen LogP contribution in [0.4, 0.5) is 0 Å². The molecule has 5 heteroatoms. The summed E-state index contributed by atoms with van der Waals surface area (Å²) in [4.78, 5) is 22.6. The van der Waals surface area contributed by atoms with Gasteiger partial charge in [0.05, 0.1) is 0 Å². The zero-order chi connectivity index (χ0) is 15.5. The predicted octanol–water partition coefficient (Wildman–Crippen LogP) is 1.07. The number of rotatable bonds is 3. The SMILES string of the molecule is CC(=O)N1CCN([C@@H]2CN(Cc3ccncc3)C[C@H]2C)CC1. The summed E-state index contributed by atoms with van der Waals surface area (Å²) < 4.78 is 0. The van der Waals surface area contributed by atoms with Crippen LogP contribution in [0.2, 0.25) is 0 Å². The molecule has 22 heavy (non-hydrogen) atoms. The Hall–Kier alpha value is -1.46. The first kappa shape index (κ1) is 15.4. The lowest BCUT2D eigenvalue weighted by Crippen LogP contribution is -2.53. The molecule has 1 aromatic heterocycles. The molecule has 3 heterocycles. The van der Waals surface area contributed by atoms with Crippen molar-refractivity contribution in [2.75, 3.05) is 39.3 Å². The molecule has 5 nitrogen and oxygen atoms in total. The summed E-state index contributed by atoms with van der Waals surface area (Å²) in [5.74, 6) is 0.893. The summed E-state index contributed by atoms with van der Waals surface area (Å²) >= 11 is 0. The lowest BCUT2D eigenvalue weighted by atomic mass is 10.0. The quantitative estimate of drug-likeness (QED) is 0.837. The van der Waals surface area contributed by atoms with E-state index in [1.807, 2.05) is 17.3 Å². The highest BCUT2D eigenvalue weighted by Crippen LogP contribution is 2.24. The van der Waals surface area contributed by atoms with Crippen molar-refractivity contribution in [1.29, 1.82) is 0 Å². The van der Waals surface area contributed by atoms with Gasteiger partial charge in [-0.05, 0) is 23.6 Å². The molecule has 0 aromatic carbocycles. The number of carbonyl (C=O) groups excluding carboxylic acids is 1. The van der Waals surface area contributed by atoms with Gasteiger partial charge >= 0.3 is 0 Å². The fourth-order valence-corrected chi connectivity index (χ4v) is 3.77. The Morgan fingerprint density at radius 1 is 1.18 bits per heavy atom.